The molecular formula is C27H38O7. The minimum atomic E-state index is -1.23. The van der Waals surface area contributed by atoms with Gasteiger partial charge in [-0.2, -0.15) is 0 Å². The van der Waals surface area contributed by atoms with Crippen LogP contribution in [0.3, 0.4) is 0 Å². The molecule has 0 amide bonds. The standard InChI is InChI=1S/C27H38O7/c1-15(2)17-12-13-18(28)20(22(29)16-10-8-7-9-11-16)21(17)27-24(33-26(5,6)34-27)23-19(31-27)14-30-25(3,4)32-23/h7-11,15,17,19-24,29H,12-14H2,1-6H3/t17-,19+,20-,21-,22-,23-,24+,27+/m1/s1. The first-order chi connectivity index (χ1) is 15.9. The Kier molecular flexibility index (Phi) is 5.98. The first kappa shape index (κ1) is 24.3. The van der Waals surface area contributed by atoms with Gasteiger partial charge in [-0.25, -0.2) is 0 Å². The van der Waals surface area contributed by atoms with Gasteiger partial charge in [-0.3, -0.25) is 4.79 Å². The smallest absolute Gasteiger partial charge is 0.205 e. The van der Waals surface area contributed by atoms with Gasteiger partial charge in [-0.05, 0) is 51.5 Å². The fourth-order valence-corrected chi connectivity index (χ4v) is 6.64. The Balaban J connectivity index is 1.62. The molecule has 1 aliphatic carbocycles. The van der Waals surface area contributed by atoms with Crippen molar-refractivity contribution in [2.24, 2.45) is 23.7 Å². The van der Waals surface area contributed by atoms with Crippen molar-refractivity contribution in [2.45, 2.75) is 96.2 Å². The summed E-state index contributed by atoms with van der Waals surface area (Å²) in [4.78, 5) is 13.5. The number of aliphatic hydroxyl groups is 1. The van der Waals surface area contributed by atoms with Gasteiger partial charge in [-0.15, -0.1) is 0 Å². The molecule has 0 radical (unpaired) electrons. The minimum Gasteiger partial charge on any atom is -0.388 e. The lowest BCUT2D eigenvalue weighted by molar-refractivity contribution is -0.338. The van der Waals surface area contributed by atoms with Crippen molar-refractivity contribution in [3.8, 4) is 0 Å². The number of ether oxygens (including phenoxy) is 5. The minimum absolute atomic E-state index is 0.0376. The molecule has 7 nitrogen and oxygen atoms in total. The number of rotatable bonds is 4. The Morgan fingerprint density at radius 3 is 2.38 bits per heavy atom. The molecule has 7 heteroatoms. The molecule has 0 aromatic heterocycles. The van der Waals surface area contributed by atoms with Crippen LogP contribution in [0.4, 0.5) is 0 Å². The predicted octanol–water partition coefficient (Wildman–Crippen LogP) is 3.99. The summed E-state index contributed by atoms with van der Waals surface area (Å²) in [6.45, 7) is 12.2. The maximum atomic E-state index is 13.5. The van der Waals surface area contributed by atoms with Crippen molar-refractivity contribution in [3.05, 3.63) is 35.9 Å². The molecular weight excluding hydrogens is 436 g/mol. The highest BCUT2D eigenvalue weighted by Crippen LogP contribution is 2.59. The van der Waals surface area contributed by atoms with E-state index in [0.717, 1.165) is 12.0 Å². The SMILES string of the molecule is CC(C)[C@H]1CCC(=O)[C@@H]([C@H](O)c2ccccc2)[C@@H]1[C@@]12O[C@H]3COC(C)(C)O[C@H]3[C@@H]1OC(C)(C)O2. The van der Waals surface area contributed by atoms with Gasteiger partial charge in [0.1, 0.15) is 24.1 Å². The lowest BCUT2D eigenvalue weighted by Gasteiger charge is -2.49. The van der Waals surface area contributed by atoms with Gasteiger partial charge >= 0.3 is 0 Å². The van der Waals surface area contributed by atoms with Crippen LogP contribution in [-0.2, 0) is 28.5 Å². The summed E-state index contributed by atoms with van der Waals surface area (Å²) < 4.78 is 32.1. The molecule has 0 unspecified atom stereocenters. The van der Waals surface area contributed by atoms with E-state index >= 15 is 0 Å². The van der Waals surface area contributed by atoms with E-state index in [4.69, 9.17) is 23.7 Å². The molecule has 8 atom stereocenters. The topological polar surface area (TPSA) is 83.5 Å². The van der Waals surface area contributed by atoms with Gasteiger partial charge < -0.3 is 28.8 Å². The lowest BCUT2D eigenvalue weighted by Crippen LogP contribution is -2.58. The fourth-order valence-electron chi connectivity index (χ4n) is 6.64. The Morgan fingerprint density at radius 1 is 1.00 bits per heavy atom. The fraction of sp³-hybridized carbons (Fsp3) is 0.741. The molecule has 1 saturated carbocycles. The van der Waals surface area contributed by atoms with E-state index in [-0.39, 0.29) is 23.7 Å². The lowest BCUT2D eigenvalue weighted by atomic mass is 9.61. The van der Waals surface area contributed by atoms with Crippen LogP contribution in [-0.4, -0.2) is 53.2 Å². The van der Waals surface area contributed by atoms with Gasteiger partial charge in [0, 0.05) is 12.3 Å². The van der Waals surface area contributed by atoms with E-state index in [1.807, 2.05) is 58.0 Å². The first-order valence-corrected chi connectivity index (χ1v) is 12.6. The quantitative estimate of drug-likeness (QED) is 0.707. The maximum absolute atomic E-state index is 13.5. The second-order valence-corrected chi connectivity index (χ2v) is 11.5. The van der Waals surface area contributed by atoms with Crippen LogP contribution in [0.15, 0.2) is 30.3 Å². The number of carbonyl (C=O) groups excluding carboxylic acids is 1. The average Bonchev–Trinajstić information content (AvgIpc) is 3.20. The summed E-state index contributed by atoms with van der Waals surface area (Å²) in [5.74, 6) is -3.64. The average molecular weight is 475 g/mol. The molecule has 4 aliphatic rings. The monoisotopic (exact) mass is 474 g/mol. The van der Waals surface area contributed by atoms with Gasteiger partial charge in [-0.1, -0.05) is 44.2 Å². The molecule has 188 valence electrons. The molecule has 5 rings (SSSR count). The van der Waals surface area contributed by atoms with E-state index in [2.05, 4.69) is 13.8 Å². The van der Waals surface area contributed by atoms with E-state index in [1.165, 1.54) is 0 Å². The molecule has 0 bridgehead atoms. The van der Waals surface area contributed by atoms with Gasteiger partial charge in [0.15, 0.2) is 11.6 Å². The Hall–Kier alpha value is -1.35. The number of Topliss-reactive ketones (excluding diaryl/α,β-unsaturated/α-hetero) is 1. The maximum Gasteiger partial charge on any atom is 0.205 e. The predicted molar refractivity (Wildman–Crippen MR) is 123 cm³/mol. The van der Waals surface area contributed by atoms with Crippen LogP contribution < -0.4 is 0 Å². The molecule has 1 aromatic rings. The summed E-state index contributed by atoms with van der Waals surface area (Å²) in [6, 6.07) is 9.41. The van der Waals surface area contributed by atoms with E-state index in [9.17, 15) is 9.90 Å². The van der Waals surface area contributed by atoms with Crippen LogP contribution in [0.1, 0.15) is 66.1 Å². The van der Waals surface area contributed by atoms with Crippen LogP contribution in [0, 0.1) is 23.7 Å². The summed E-state index contributed by atoms with van der Waals surface area (Å²) in [7, 11) is 0. The largest absolute Gasteiger partial charge is 0.388 e. The van der Waals surface area contributed by atoms with Crippen molar-refractivity contribution in [1.29, 1.82) is 0 Å². The number of aliphatic hydroxyl groups excluding tert-OH is 1. The molecule has 0 spiro atoms. The molecule has 3 aliphatic heterocycles. The summed E-state index contributed by atoms with van der Waals surface area (Å²) in [5.41, 5.74) is 0.720. The number of hydrogen-bond acceptors (Lipinski definition) is 7. The molecule has 34 heavy (non-hydrogen) atoms. The Morgan fingerprint density at radius 2 is 1.71 bits per heavy atom. The van der Waals surface area contributed by atoms with Crippen LogP contribution >= 0.6 is 0 Å². The zero-order valence-electron chi connectivity index (χ0n) is 21.0. The number of fused-ring (bicyclic) bond motifs is 3. The number of ketones is 1. The van der Waals surface area contributed by atoms with Gasteiger partial charge in [0.2, 0.25) is 5.79 Å². The zero-order valence-corrected chi connectivity index (χ0v) is 21.0. The van der Waals surface area contributed by atoms with Gasteiger partial charge in [0.25, 0.3) is 0 Å². The van der Waals surface area contributed by atoms with Crippen molar-refractivity contribution >= 4 is 5.78 Å². The third kappa shape index (κ3) is 3.94. The van der Waals surface area contributed by atoms with Crippen molar-refractivity contribution in [3.63, 3.8) is 0 Å². The molecule has 1 N–H and O–H groups in total. The zero-order chi connectivity index (χ0) is 24.5. The van der Waals surface area contributed by atoms with Crippen molar-refractivity contribution in [2.75, 3.05) is 6.61 Å². The Bertz CT molecular complexity index is 913. The normalized spacial score (nSPS) is 41.8. The van der Waals surface area contributed by atoms with Crippen LogP contribution in [0.2, 0.25) is 0 Å². The number of benzene rings is 1. The molecule has 3 heterocycles. The molecule has 4 fully saturated rings. The molecule has 3 saturated heterocycles. The number of hydrogen-bond donors (Lipinski definition) is 1. The summed E-state index contributed by atoms with van der Waals surface area (Å²) in [6.07, 6.45) is -1.14. The van der Waals surface area contributed by atoms with E-state index < -0.39 is 47.5 Å². The summed E-state index contributed by atoms with van der Waals surface area (Å²) >= 11 is 0. The van der Waals surface area contributed by atoms with Gasteiger partial charge in [0.05, 0.1) is 18.6 Å². The number of carbonyl (C=O) groups is 1. The highest BCUT2D eigenvalue weighted by molar-refractivity contribution is 5.83. The Labute approximate surface area is 202 Å². The highest BCUT2D eigenvalue weighted by Gasteiger charge is 2.73. The third-order valence-corrected chi connectivity index (χ3v) is 7.97. The first-order valence-electron chi connectivity index (χ1n) is 12.6. The van der Waals surface area contributed by atoms with Crippen molar-refractivity contribution in [1.82, 2.24) is 0 Å². The summed E-state index contributed by atoms with van der Waals surface area (Å²) in [5, 5.41) is 11.6. The molecule has 1 aromatic carbocycles. The van der Waals surface area contributed by atoms with E-state index in [0.29, 0.717) is 13.0 Å². The highest BCUT2D eigenvalue weighted by atomic mass is 16.9. The van der Waals surface area contributed by atoms with Crippen LogP contribution in [0.25, 0.3) is 0 Å². The van der Waals surface area contributed by atoms with E-state index in [1.54, 1.807) is 0 Å². The second-order valence-electron chi connectivity index (χ2n) is 11.5. The van der Waals surface area contributed by atoms with Crippen LogP contribution in [0.5, 0.6) is 0 Å². The third-order valence-electron chi connectivity index (χ3n) is 7.97. The van der Waals surface area contributed by atoms with Crippen molar-refractivity contribution < 1.29 is 33.6 Å². The second kappa shape index (κ2) is 8.36.